The molecule has 460 valence electrons. The zero-order valence-electron chi connectivity index (χ0n) is 44.4. The number of benzene rings is 6. The van der Waals surface area contributed by atoms with Crippen LogP contribution in [0.5, 0.6) is 0 Å². The predicted octanol–water partition coefficient (Wildman–Crippen LogP) is -5.32. The van der Waals surface area contributed by atoms with Crippen molar-refractivity contribution in [1.29, 1.82) is 0 Å². The Balaban J connectivity index is -0.000000437. The summed E-state index contributed by atoms with van der Waals surface area (Å²) in [4.78, 5) is 35.9. The molecule has 0 bridgehead atoms. The third-order valence-electron chi connectivity index (χ3n) is 7.78. The minimum atomic E-state index is -4.52. The molecule has 84 heavy (non-hydrogen) atoms. The lowest BCUT2D eigenvalue weighted by Crippen LogP contribution is -2.51. The van der Waals surface area contributed by atoms with Crippen LogP contribution in [0.25, 0.3) is 0 Å². The molecule has 0 unspecified atom stereocenters. The Labute approximate surface area is 479 Å². The first-order valence-electron chi connectivity index (χ1n) is 21.6. The highest BCUT2D eigenvalue weighted by atomic mass is 32.2. The molecule has 0 amide bonds. The van der Waals surface area contributed by atoms with Crippen LogP contribution >= 0.6 is 0 Å². The largest absolute Gasteiger partial charge is 0.744 e. The van der Waals surface area contributed by atoms with Crippen molar-refractivity contribution in [1.82, 2.24) is 0 Å². The maximum absolute atomic E-state index is 10.4. The van der Waals surface area contributed by atoms with Crippen molar-refractivity contribution >= 4 is 87.1 Å². The fraction of sp³-hybridized carbons (Fsp3) is 0.0909. The van der Waals surface area contributed by atoms with E-state index in [9.17, 15) is 92.3 Å². The van der Waals surface area contributed by atoms with Crippen LogP contribution in [-0.4, -0.2) is 95.4 Å². The fourth-order valence-corrected chi connectivity index (χ4v) is 6.09. The van der Waals surface area contributed by atoms with E-state index in [4.69, 9.17) is 0 Å². The number of nitrogens with zero attached hydrogens (tertiary/aromatic N) is 4. The van der Waals surface area contributed by atoms with Crippen molar-refractivity contribution in [3.05, 3.63) is 208 Å². The van der Waals surface area contributed by atoms with Gasteiger partial charge in [0.25, 0.3) is 22.7 Å². The van der Waals surface area contributed by atoms with Crippen LogP contribution in [0.1, 0.15) is 22.3 Å². The Bertz CT molecular complexity index is 3080. The van der Waals surface area contributed by atoms with Gasteiger partial charge in [-0.3, -0.25) is 108 Å². The van der Waals surface area contributed by atoms with Crippen molar-refractivity contribution in [2.75, 3.05) is 0 Å². The van der Waals surface area contributed by atoms with E-state index in [0.717, 1.165) is 97.1 Å². The van der Waals surface area contributed by atoms with E-state index in [2.05, 4.69) is 144 Å². The van der Waals surface area contributed by atoms with Crippen LogP contribution in [0.2, 0.25) is 0 Å². The molecule has 36 nitrogen and oxygen atoms in total. The van der Waals surface area contributed by atoms with Crippen LogP contribution in [0.3, 0.4) is 0 Å². The quantitative estimate of drug-likeness (QED) is 0.0223. The molecule has 0 saturated carbocycles. The van der Waals surface area contributed by atoms with E-state index in [1.54, 1.807) is 0 Å². The second kappa shape index (κ2) is 39.1. The van der Waals surface area contributed by atoms with Gasteiger partial charge in [0.05, 0.1) is 39.3 Å². The number of nitro benzene ring substituents is 4. The summed E-state index contributed by atoms with van der Waals surface area (Å²) in [6, 6.07) is 31.9. The molecular weight excluding hydrogens is 1200 g/mol. The minimum Gasteiger partial charge on any atom is -0.744 e. The van der Waals surface area contributed by atoms with Gasteiger partial charge in [-0.1, -0.05) is 70.8 Å². The summed E-state index contributed by atoms with van der Waals surface area (Å²) < 4.78 is 125. The molecule has 24 N–H and O–H groups in total. The molecule has 6 rings (SSSR count). The number of guanidine groups is 4. The number of aryl methyl sites for hydroxylation is 4. The summed E-state index contributed by atoms with van der Waals surface area (Å²) in [5.74, 6) is -0.333. The molecule has 0 fully saturated rings. The first-order valence-corrected chi connectivity index (χ1v) is 27.2. The van der Waals surface area contributed by atoms with Gasteiger partial charge < -0.3 is 18.2 Å². The van der Waals surface area contributed by atoms with Crippen molar-refractivity contribution < 1.29 is 93.2 Å². The first-order chi connectivity index (χ1) is 38.1. The van der Waals surface area contributed by atoms with Crippen molar-refractivity contribution in [3.8, 4) is 0 Å². The molecular formula is C44H60N16O20S4. The minimum absolute atomic E-state index is 0.0833. The molecule has 6 aromatic rings. The van der Waals surface area contributed by atoms with E-state index in [-0.39, 0.29) is 46.6 Å². The number of non-ortho nitro benzene ring substituents is 4. The standard InChI is InChI=1S/2C8H10.4C6H5NO5S.4CH5N3/c2*1-7-3-5-8(2)6-4-7;4*8-7(9)5-1-3-6(4-2-5)13(10,11)12;4*2-1(3)4/h2*3-6H,1-2H3;4*1-4H,(H,10,11,12);4*(H5,2,3,4). The van der Waals surface area contributed by atoms with E-state index < -0.39 is 79.7 Å². The van der Waals surface area contributed by atoms with Gasteiger partial charge in [-0.15, -0.1) is 0 Å². The Morgan fingerprint density at radius 3 is 0.452 bits per heavy atom. The Morgan fingerprint density at radius 1 is 0.286 bits per heavy atom. The van der Waals surface area contributed by atoms with Crippen molar-refractivity contribution in [3.63, 3.8) is 0 Å². The van der Waals surface area contributed by atoms with Gasteiger partial charge in [0.1, 0.15) is 40.5 Å². The second-order valence-corrected chi connectivity index (χ2v) is 20.6. The molecule has 0 aromatic heterocycles. The van der Waals surface area contributed by atoms with Crippen LogP contribution in [0.4, 0.5) is 22.7 Å². The lowest BCUT2D eigenvalue weighted by Gasteiger charge is -2.04. The third-order valence-corrected chi connectivity index (χ3v) is 11.2. The topological polar surface area (TPSA) is 712 Å². The van der Waals surface area contributed by atoms with Gasteiger partial charge in [0, 0.05) is 48.5 Å². The summed E-state index contributed by atoms with van der Waals surface area (Å²) >= 11 is 0. The SMILES string of the molecule is Cc1ccc(C)cc1.Cc1ccc(C)cc1.NC(N)=[NH2+].NC(N)=[NH2+].NC(N)=[NH2+].NC(N)=[NH2+].O=[N+]([O-])c1ccc(S(=O)(=O)[O-])cc1.O=[N+]([O-])c1ccc(S(=O)(=O)[O-])cc1.O=[N+]([O-])c1ccc(S(=O)(=O)[O-])cc1.O=[N+]([O-])c1ccc(S(=O)(=O)[O-])cc1. The Hall–Kier alpha value is -10.4. The maximum atomic E-state index is 10.4. The Kier molecular flexibility index (Phi) is 37.3. The molecule has 0 atom stereocenters. The summed E-state index contributed by atoms with van der Waals surface area (Å²) in [5.41, 5.74) is 41.0. The normalized spacial score (nSPS) is 9.81. The highest BCUT2D eigenvalue weighted by molar-refractivity contribution is 7.86. The molecule has 0 saturated heterocycles. The first kappa shape index (κ1) is 80.1. The smallest absolute Gasteiger partial charge is 0.336 e. The van der Waals surface area contributed by atoms with Crippen LogP contribution < -0.4 is 67.5 Å². The fourth-order valence-electron chi connectivity index (χ4n) is 4.21. The predicted molar refractivity (Wildman–Crippen MR) is 297 cm³/mol. The van der Waals surface area contributed by atoms with Gasteiger partial charge in [0.2, 0.25) is 0 Å². The molecule has 0 radical (unpaired) electrons. The maximum Gasteiger partial charge on any atom is 0.336 e. The Morgan fingerprint density at radius 2 is 0.381 bits per heavy atom. The van der Waals surface area contributed by atoms with Gasteiger partial charge >= 0.3 is 23.8 Å². The van der Waals surface area contributed by atoms with Gasteiger partial charge in [-0.2, -0.15) is 0 Å². The monoisotopic (exact) mass is 1260 g/mol. The lowest BCUT2D eigenvalue weighted by molar-refractivity contribution is -0.385. The zero-order valence-corrected chi connectivity index (χ0v) is 47.6. The molecule has 0 spiro atoms. The average Bonchev–Trinajstić information content (AvgIpc) is 3.38. The number of hydrogen-bond acceptors (Lipinski definition) is 20. The van der Waals surface area contributed by atoms with E-state index in [0.29, 0.717) is 0 Å². The molecule has 0 aliphatic carbocycles. The molecule has 0 aliphatic heterocycles. The molecule has 6 aromatic carbocycles. The number of nitro groups is 4. The summed E-state index contributed by atoms with van der Waals surface area (Å²) in [6.45, 7) is 8.39. The van der Waals surface area contributed by atoms with Gasteiger partial charge in [-0.25, -0.2) is 33.7 Å². The van der Waals surface area contributed by atoms with E-state index >= 15 is 0 Å². The lowest BCUT2D eigenvalue weighted by atomic mass is 10.2. The van der Waals surface area contributed by atoms with Crippen LogP contribution in [0, 0.1) is 68.2 Å². The van der Waals surface area contributed by atoms with Crippen LogP contribution in [-0.2, 0) is 40.5 Å². The van der Waals surface area contributed by atoms with E-state index in [1.165, 1.54) is 22.3 Å². The molecule has 40 heteroatoms. The third kappa shape index (κ3) is 44.5. The van der Waals surface area contributed by atoms with Crippen molar-refractivity contribution in [2.45, 2.75) is 47.3 Å². The zero-order chi connectivity index (χ0) is 66.5. The van der Waals surface area contributed by atoms with Gasteiger partial charge in [-0.05, 0) is 76.2 Å². The average molecular weight is 1260 g/mol. The highest BCUT2D eigenvalue weighted by Crippen LogP contribution is 2.18. The van der Waals surface area contributed by atoms with Gasteiger partial charge in [0.15, 0.2) is 0 Å². The molecule has 0 heterocycles. The van der Waals surface area contributed by atoms with Crippen LogP contribution in [0.15, 0.2) is 165 Å². The summed E-state index contributed by atoms with van der Waals surface area (Å²) in [7, 11) is -18.1. The number of rotatable bonds is 8. The summed E-state index contributed by atoms with van der Waals surface area (Å²) in [6.07, 6.45) is 0. The molecule has 0 aliphatic rings. The van der Waals surface area contributed by atoms with Crippen molar-refractivity contribution in [2.24, 2.45) is 45.9 Å². The second-order valence-electron chi connectivity index (χ2n) is 15.1. The van der Waals surface area contributed by atoms with E-state index in [1.807, 2.05) is 0 Å². The number of hydrogen-bond donors (Lipinski definition) is 12. The number of nitrogens with two attached hydrogens (primary N) is 12. The summed E-state index contributed by atoms with van der Waals surface area (Å²) in [5, 5.41) is 58.9. The highest BCUT2D eigenvalue weighted by Gasteiger charge is 2.09.